The Labute approximate surface area is 170 Å². The Morgan fingerprint density at radius 3 is 2.48 bits per heavy atom. The molecule has 2 heterocycles. The van der Waals surface area contributed by atoms with Crippen LogP contribution in [0.5, 0.6) is 0 Å². The van der Waals surface area contributed by atoms with Crippen molar-refractivity contribution in [2.24, 2.45) is 17.3 Å². The van der Waals surface area contributed by atoms with Crippen molar-refractivity contribution in [3.05, 3.63) is 30.1 Å². The van der Waals surface area contributed by atoms with E-state index in [1.807, 2.05) is 13.8 Å². The first-order chi connectivity index (χ1) is 13.4. The molecule has 2 aliphatic rings. The van der Waals surface area contributed by atoms with Crippen molar-refractivity contribution >= 4 is 18.0 Å². The number of ether oxygens (including phenoxy) is 1. The third-order valence-electron chi connectivity index (χ3n) is 5.92. The van der Waals surface area contributed by atoms with Crippen molar-refractivity contribution in [1.82, 2.24) is 15.2 Å². The molecule has 1 saturated heterocycles. The van der Waals surface area contributed by atoms with E-state index in [0.717, 1.165) is 5.56 Å². The number of amides is 2. The molecule has 0 radical (unpaired) electrons. The largest absolute Gasteiger partial charge is 0.480 e. The Balaban J connectivity index is 1.80. The fourth-order valence-electron chi connectivity index (χ4n) is 4.40. The molecule has 158 valence electrons. The highest BCUT2D eigenvalue weighted by molar-refractivity contribution is 5.91. The number of carbonyl (C=O) groups is 3. The molecule has 1 aromatic heterocycles. The van der Waals surface area contributed by atoms with Crippen molar-refractivity contribution in [2.75, 3.05) is 6.54 Å². The Morgan fingerprint density at radius 2 is 1.93 bits per heavy atom. The third-order valence-corrected chi connectivity index (χ3v) is 5.92. The molecule has 4 atom stereocenters. The molecule has 2 fully saturated rings. The number of nitrogens with zero attached hydrogens (tertiary/aromatic N) is 2. The first kappa shape index (κ1) is 21.1. The zero-order valence-electron chi connectivity index (χ0n) is 17.5. The molecule has 2 amide bonds. The smallest absolute Gasteiger partial charge is 0.408 e. The van der Waals surface area contributed by atoms with Gasteiger partial charge in [-0.05, 0) is 49.8 Å². The summed E-state index contributed by atoms with van der Waals surface area (Å²) in [5.41, 5.74) is 0.0157. The highest BCUT2D eigenvalue weighted by atomic mass is 16.6. The maximum absolute atomic E-state index is 13.3. The summed E-state index contributed by atoms with van der Waals surface area (Å²) in [4.78, 5) is 43.0. The summed E-state index contributed by atoms with van der Waals surface area (Å²) in [5, 5.41) is 12.4. The number of carboxylic acid groups (broad SMARTS) is 1. The van der Waals surface area contributed by atoms with Crippen LogP contribution in [0.1, 0.15) is 40.2 Å². The zero-order valence-corrected chi connectivity index (χ0v) is 17.5. The normalized spacial score (nSPS) is 25.7. The molecule has 1 aliphatic carbocycles. The van der Waals surface area contributed by atoms with E-state index in [4.69, 9.17) is 4.74 Å². The van der Waals surface area contributed by atoms with Crippen molar-refractivity contribution in [1.29, 1.82) is 0 Å². The minimum absolute atomic E-state index is 0.0629. The molecule has 8 heteroatoms. The number of alkyl carbamates (subject to hydrolysis) is 1. The number of carbonyl (C=O) groups excluding carboxylic acids is 2. The van der Waals surface area contributed by atoms with Gasteiger partial charge < -0.3 is 20.1 Å². The van der Waals surface area contributed by atoms with Gasteiger partial charge in [0, 0.05) is 31.3 Å². The molecule has 2 N–H and O–H groups in total. The lowest BCUT2D eigenvalue weighted by atomic mass is 9.99. The van der Waals surface area contributed by atoms with Crippen LogP contribution in [-0.2, 0) is 20.7 Å². The second-order valence-corrected chi connectivity index (χ2v) is 9.49. The minimum atomic E-state index is -1.00. The molecule has 3 rings (SSSR count). The van der Waals surface area contributed by atoms with Gasteiger partial charge in [0.1, 0.15) is 17.7 Å². The maximum atomic E-state index is 13.3. The van der Waals surface area contributed by atoms with Crippen LogP contribution in [0, 0.1) is 17.3 Å². The van der Waals surface area contributed by atoms with Gasteiger partial charge in [-0.25, -0.2) is 9.59 Å². The van der Waals surface area contributed by atoms with Gasteiger partial charge in [-0.1, -0.05) is 13.8 Å². The van der Waals surface area contributed by atoms with Crippen molar-refractivity contribution in [3.8, 4) is 0 Å². The number of hydrogen-bond acceptors (Lipinski definition) is 5. The van der Waals surface area contributed by atoms with Gasteiger partial charge in [-0.3, -0.25) is 9.78 Å². The van der Waals surface area contributed by atoms with Gasteiger partial charge in [-0.15, -0.1) is 0 Å². The number of nitrogens with one attached hydrogen (secondary N) is 1. The summed E-state index contributed by atoms with van der Waals surface area (Å²) in [6.45, 7) is 9.67. The molecule has 29 heavy (non-hydrogen) atoms. The van der Waals surface area contributed by atoms with Gasteiger partial charge >= 0.3 is 12.1 Å². The number of hydrogen-bond donors (Lipinski definition) is 2. The predicted octanol–water partition coefficient (Wildman–Crippen LogP) is 2.08. The van der Waals surface area contributed by atoms with Gasteiger partial charge in [-0.2, -0.15) is 0 Å². The number of carboxylic acids is 1. The number of aromatic nitrogens is 1. The number of pyridine rings is 1. The minimum Gasteiger partial charge on any atom is -0.480 e. The quantitative estimate of drug-likeness (QED) is 0.779. The first-order valence-electron chi connectivity index (χ1n) is 9.83. The zero-order chi connectivity index (χ0) is 21.6. The van der Waals surface area contributed by atoms with E-state index in [2.05, 4.69) is 10.3 Å². The Hall–Kier alpha value is -2.64. The lowest BCUT2D eigenvalue weighted by Crippen LogP contribution is -2.55. The molecule has 0 unspecified atom stereocenters. The average molecular weight is 403 g/mol. The van der Waals surface area contributed by atoms with E-state index in [0.29, 0.717) is 6.54 Å². The van der Waals surface area contributed by atoms with Gasteiger partial charge in [0.25, 0.3) is 0 Å². The van der Waals surface area contributed by atoms with Crippen molar-refractivity contribution in [2.45, 2.75) is 58.7 Å². The van der Waals surface area contributed by atoms with Gasteiger partial charge in [0.2, 0.25) is 5.91 Å². The standard InChI is InChI=1S/C21H29N3O5/c1-20(2,3)29-19(28)23-14(10-12-6-8-22-9-7-12)17(25)24-11-13-15(21(13,4)5)16(24)18(26)27/h6-9,13-16H,10-11H2,1-5H3,(H,23,28)(H,26,27)/t13-,14-,15-,16-/m0/s1. The summed E-state index contributed by atoms with van der Waals surface area (Å²) in [6.07, 6.45) is 2.74. The topological polar surface area (TPSA) is 109 Å². The molecular formula is C21H29N3O5. The SMILES string of the molecule is CC(C)(C)OC(=O)N[C@@H](Cc1ccncc1)C(=O)N1C[C@H]2[C@@H]([C@H]1C(=O)O)C2(C)C. The summed E-state index contributed by atoms with van der Waals surface area (Å²) in [5.74, 6) is -1.30. The van der Waals surface area contributed by atoms with Crippen LogP contribution >= 0.6 is 0 Å². The Kier molecular flexibility index (Phi) is 5.32. The fourth-order valence-corrected chi connectivity index (χ4v) is 4.40. The number of aliphatic carboxylic acids is 1. The molecule has 1 saturated carbocycles. The lowest BCUT2D eigenvalue weighted by Gasteiger charge is -2.32. The van der Waals surface area contributed by atoms with E-state index in [1.165, 1.54) is 4.90 Å². The summed E-state index contributed by atoms with van der Waals surface area (Å²) in [7, 11) is 0. The second-order valence-electron chi connectivity index (χ2n) is 9.49. The van der Waals surface area contributed by atoms with Crippen LogP contribution in [0.3, 0.4) is 0 Å². The van der Waals surface area contributed by atoms with Crippen molar-refractivity contribution in [3.63, 3.8) is 0 Å². The number of piperidine rings is 1. The summed E-state index contributed by atoms with van der Waals surface area (Å²) >= 11 is 0. The summed E-state index contributed by atoms with van der Waals surface area (Å²) in [6, 6.07) is 1.73. The number of fused-ring (bicyclic) bond motifs is 1. The molecule has 0 spiro atoms. The maximum Gasteiger partial charge on any atom is 0.408 e. The lowest BCUT2D eigenvalue weighted by molar-refractivity contribution is -0.151. The predicted molar refractivity (Wildman–Crippen MR) is 105 cm³/mol. The molecular weight excluding hydrogens is 374 g/mol. The summed E-state index contributed by atoms with van der Waals surface area (Å²) < 4.78 is 5.31. The van der Waals surface area contributed by atoms with E-state index >= 15 is 0 Å². The number of rotatable bonds is 5. The van der Waals surface area contributed by atoms with E-state index in [1.54, 1.807) is 45.3 Å². The van der Waals surface area contributed by atoms with Gasteiger partial charge in [0.05, 0.1) is 0 Å². The van der Waals surface area contributed by atoms with Crippen LogP contribution < -0.4 is 5.32 Å². The van der Waals surface area contributed by atoms with Crippen LogP contribution in [0.15, 0.2) is 24.5 Å². The van der Waals surface area contributed by atoms with Crippen LogP contribution in [0.4, 0.5) is 4.79 Å². The van der Waals surface area contributed by atoms with Crippen LogP contribution in [0.2, 0.25) is 0 Å². The van der Waals surface area contributed by atoms with Crippen LogP contribution in [0.25, 0.3) is 0 Å². The first-order valence-corrected chi connectivity index (χ1v) is 9.83. The Morgan fingerprint density at radius 1 is 1.31 bits per heavy atom. The molecule has 1 aromatic rings. The highest BCUT2D eigenvalue weighted by Gasteiger charge is 2.69. The molecule has 1 aliphatic heterocycles. The molecule has 0 bridgehead atoms. The highest BCUT2D eigenvalue weighted by Crippen LogP contribution is 2.64. The molecule has 8 nitrogen and oxygen atoms in total. The second kappa shape index (κ2) is 7.31. The van der Waals surface area contributed by atoms with E-state index < -0.39 is 35.7 Å². The third kappa shape index (κ3) is 4.36. The van der Waals surface area contributed by atoms with E-state index in [-0.39, 0.29) is 23.7 Å². The van der Waals surface area contributed by atoms with Crippen molar-refractivity contribution < 1.29 is 24.2 Å². The number of likely N-dealkylation sites (tertiary alicyclic amines) is 1. The molecule has 0 aromatic carbocycles. The Bertz CT molecular complexity index is 802. The monoisotopic (exact) mass is 403 g/mol. The van der Waals surface area contributed by atoms with Gasteiger partial charge in [0.15, 0.2) is 0 Å². The average Bonchev–Trinajstić information content (AvgIpc) is 2.95. The fraction of sp³-hybridized carbons (Fsp3) is 0.619. The van der Waals surface area contributed by atoms with E-state index in [9.17, 15) is 19.5 Å². The van der Waals surface area contributed by atoms with Crippen LogP contribution in [-0.4, -0.2) is 57.2 Å².